The first-order valence-electron chi connectivity index (χ1n) is 9.16. The maximum Gasteiger partial charge on any atom is 0.242 e. The number of thiocarbonyl (C=S) groups is 1. The van der Waals surface area contributed by atoms with E-state index in [2.05, 4.69) is 27.7 Å². The Kier molecular flexibility index (Phi) is 7.07. The summed E-state index contributed by atoms with van der Waals surface area (Å²) in [6, 6.07) is 4.72. The third kappa shape index (κ3) is 5.39. The quantitative estimate of drug-likeness (QED) is 0.795. The number of thiophene rings is 1. The van der Waals surface area contributed by atoms with Gasteiger partial charge in [-0.3, -0.25) is 4.79 Å². The minimum absolute atomic E-state index is 0.102. The smallest absolute Gasteiger partial charge is 0.242 e. The average Bonchev–Trinajstić information content (AvgIpc) is 3.18. The van der Waals surface area contributed by atoms with Crippen molar-refractivity contribution in [3.8, 4) is 0 Å². The molecule has 138 valence electrons. The van der Waals surface area contributed by atoms with E-state index in [1.165, 1.54) is 37.0 Å². The van der Waals surface area contributed by atoms with Crippen LogP contribution in [-0.4, -0.2) is 59.7 Å². The summed E-state index contributed by atoms with van der Waals surface area (Å²) in [4.78, 5) is 17.8. The molecule has 1 N–H and O–H groups in total. The number of ether oxygens (including phenoxy) is 1. The summed E-state index contributed by atoms with van der Waals surface area (Å²) in [5, 5.41) is 6.03. The lowest BCUT2D eigenvalue weighted by molar-refractivity contribution is -0.134. The Morgan fingerprint density at radius 2 is 2.08 bits per heavy atom. The van der Waals surface area contributed by atoms with Crippen molar-refractivity contribution in [2.75, 3.05) is 32.8 Å². The molecule has 1 aromatic heterocycles. The third-order valence-corrected chi connectivity index (χ3v) is 6.18. The number of rotatable bonds is 5. The molecule has 2 fully saturated rings. The van der Waals surface area contributed by atoms with Gasteiger partial charge in [-0.05, 0) is 36.5 Å². The SMILES string of the molecule is O=C(CNC(=S)N(Cc1cccs1)C1CCCCC1)N1CCOCC1. The molecule has 25 heavy (non-hydrogen) atoms. The minimum Gasteiger partial charge on any atom is -0.378 e. The van der Waals surface area contributed by atoms with Crippen molar-refractivity contribution < 1.29 is 9.53 Å². The Labute approximate surface area is 159 Å². The summed E-state index contributed by atoms with van der Waals surface area (Å²) in [7, 11) is 0. The zero-order valence-electron chi connectivity index (χ0n) is 14.6. The first-order valence-corrected chi connectivity index (χ1v) is 10.4. The monoisotopic (exact) mass is 381 g/mol. The highest BCUT2D eigenvalue weighted by Gasteiger charge is 2.24. The summed E-state index contributed by atoms with van der Waals surface area (Å²) in [6.07, 6.45) is 6.22. The van der Waals surface area contributed by atoms with Gasteiger partial charge >= 0.3 is 0 Å². The van der Waals surface area contributed by atoms with Gasteiger partial charge in [0.15, 0.2) is 5.11 Å². The highest BCUT2D eigenvalue weighted by Crippen LogP contribution is 2.25. The number of nitrogens with zero attached hydrogens (tertiary/aromatic N) is 2. The Bertz CT molecular complexity index is 553. The number of amides is 1. The van der Waals surface area contributed by atoms with Crippen molar-refractivity contribution >= 4 is 34.6 Å². The van der Waals surface area contributed by atoms with Crippen LogP contribution < -0.4 is 5.32 Å². The van der Waals surface area contributed by atoms with Crippen molar-refractivity contribution in [3.63, 3.8) is 0 Å². The van der Waals surface area contributed by atoms with E-state index in [0.717, 1.165) is 6.54 Å². The van der Waals surface area contributed by atoms with Crippen LogP contribution in [0.15, 0.2) is 17.5 Å². The first kappa shape index (κ1) is 18.6. The highest BCUT2D eigenvalue weighted by atomic mass is 32.1. The Hall–Kier alpha value is -1.18. The molecule has 0 atom stereocenters. The molecule has 3 rings (SSSR count). The summed E-state index contributed by atoms with van der Waals surface area (Å²) in [6.45, 7) is 3.71. The first-order chi connectivity index (χ1) is 12.2. The summed E-state index contributed by atoms with van der Waals surface area (Å²) in [5.41, 5.74) is 0. The maximum atomic E-state index is 12.4. The normalized spacial score (nSPS) is 18.8. The molecule has 1 aliphatic heterocycles. The molecule has 1 aliphatic carbocycles. The van der Waals surface area contributed by atoms with Crippen molar-refractivity contribution in [2.45, 2.75) is 44.7 Å². The van der Waals surface area contributed by atoms with Crippen LogP contribution in [0.5, 0.6) is 0 Å². The second kappa shape index (κ2) is 9.50. The van der Waals surface area contributed by atoms with Crippen LogP contribution in [0.4, 0.5) is 0 Å². The molecular formula is C18H27N3O2S2. The van der Waals surface area contributed by atoms with Crippen LogP contribution in [0.25, 0.3) is 0 Å². The van der Waals surface area contributed by atoms with Gasteiger partial charge in [0.25, 0.3) is 0 Å². The van der Waals surface area contributed by atoms with Crippen LogP contribution >= 0.6 is 23.6 Å². The third-order valence-electron chi connectivity index (χ3n) is 4.94. The maximum absolute atomic E-state index is 12.4. The largest absolute Gasteiger partial charge is 0.378 e. The molecule has 1 saturated heterocycles. The molecule has 1 aromatic rings. The lowest BCUT2D eigenvalue weighted by atomic mass is 9.94. The van der Waals surface area contributed by atoms with Gasteiger partial charge < -0.3 is 19.9 Å². The molecule has 0 spiro atoms. The minimum atomic E-state index is 0.102. The Morgan fingerprint density at radius 1 is 1.32 bits per heavy atom. The molecule has 2 aliphatic rings. The van der Waals surface area contributed by atoms with Crippen molar-refractivity contribution in [2.24, 2.45) is 0 Å². The van der Waals surface area contributed by atoms with E-state index in [0.29, 0.717) is 37.5 Å². The molecule has 5 nitrogen and oxygen atoms in total. The van der Waals surface area contributed by atoms with E-state index < -0.39 is 0 Å². The lowest BCUT2D eigenvalue weighted by Crippen LogP contribution is -2.50. The molecule has 0 radical (unpaired) electrons. The second-order valence-corrected chi connectivity index (χ2v) is 8.07. The van der Waals surface area contributed by atoms with Crippen LogP contribution in [0.1, 0.15) is 37.0 Å². The Morgan fingerprint density at radius 3 is 2.76 bits per heavy atom. The number of carbonyl (C=O) groups excluding carboxylic acids is 1. The predicted molar refractivity (Wildman–Crippen MR) is 105 cm³/mol. The number of carbonyl (C=O) groups is 1. The summed E-state index contributed by atoms with van der Waals surface area (Å²) < 4.78 is 5.30. The molecule has 1 amide bonds. The van der Waals surface area contributed by atoms with Crippen LogP contribution in [0, 0.1) is 0 Å². The number of morpholine rings is 1. The molecule has 0 unspecified atom stereocenters. The van der Waals surface area contributed by atoms with Crippen molar-refractivity contribution in [1.82, 2.24) is 15.1 Å². The van der Waals surface area contributed by atoms with Gasteiger partial charge in [-0.1, -0.05) is 25.3 Å². The van der Waals surface area contributed by atoms with E-state index in [1.54, 1.807) is 11.3 Å². The topological polar surface area (TPSA) is 44.8 Å². The molecule has 0 aromatic carbocycles. The van der Waals surface area contributed by atoms with Gasteiger partial charge in [0.05, 0.1) is 26.3 Å². The van der Waals surface area contributed by atoms with Gasteiger partial charge in [0.2, 0.25) is 5.91 Å². The van der Waals surface area contributed by atoms with E-state index >= 15 is 0 Å². The van der Waals surface area contributed by atoms with Gasteiger partial charge in [0, 0.05) is 24.0 Å². The Balaban J connectivity index is 1.56. The fourth-order valence-electron chi connectivity index (χ4n) is 3.51. The standard InChI is InChI=1S/C18H27N3O2S2/c22-17(20-8-10-23-11-9-20)13-19-18(24)21(14-16-7-4-12-25-16)15-5-2-1-3-6-15/h4,7,12,15H,1-3,5-6,8-11,13-14H2,(H,19,24). The average molecular weight is 382 g/mol. The van der Waals surface area contributed by atoms with Gasteiger partial charge in [0.1, 0.15) is 0 Å². The fraction of sp³-hybridized carbons (Fsp3) is 0.667. The van der Waals surface area contributed by atoms with E-state index in [4.69, 9.17) is 17.0 Å². The van der Waals surface area contributed by atoms with Gasteiger partial charge in [-0.15, -0.1) is 11.3 Å². The van der Waals surface area contributed by atoms with Gasteiger partial charge in [-0.25, -0.2) is 0 Å². The number of hydrogen-bond acceptors (Lipinski definition) is 4. The highest BCUT2D eigenvalue weighted by molar-refractivity contribution is 7.80. The van der Waals surface area contributed by atoms with Crippen LogP contribution in [0.3, 0.4) is 0 Å². The van der Waals surface area contributed by atoms with Crippen LogP contribution in [-0.2, 0) is 16.1 Å². The molecule has 1 saturated carbocycles. The fourth-order valence-corrected chi connectivity index (χ4v) is 4.50. The zero-order chi connectivity index (χ0) is 17.5. The zero-order valence-corrected chi connectivity index (χ0v) is 16.2. The molecule has 0 bridgehead atoms. The predicted octanol–water partition coefficient (Wildman–Crippen LogP) is 2.62. The molecule has 7 heteroatoms. The summed E-state index contributed by atoms with van der Waals surface area (Å²) >= 11 is 7.43. The lowest BCUT2D eigenvalue weighted by Gasteiger charge is -2.36. The molecule has 2 heterocycles. The second-order valence-electron chi connectivity index (χ2n) is 6.65. The summed E-state index contributed by atoms with van der Waals surface area (Å²) in [5.74, 6) is 0.102. The van der Waals surface area contributed by atoms with Crippen molar-refractivity contribution in [1.29, 1.82) is 0 Å². The van der Waals surface area contributed by atoms with Crippen molar-refractivity contribution in [3.05, 3.63) is 22.4 Å². The van der Waals surface area contributed by atoms with E-state index in [-0.39, 0.29) is 12.5 Å². The molecular weight excluding hydrogens is 354 g/mol. The van der Waals surface area contributed by atoms with Gasteiger partial charge in [-0.2, -0.15) is 0 Å². The van der Waals surface area contributed by atoms with E-state index in [9.17, 15) is 4.79 Å². The number of nitrogens with one attached hydrogen (secondary N) is 1. The van der Waals surface area contributed by atoms with Crippen LogP contribution in [0.2, 0.25) is 0 Å². The number of hydrogen-bond donors (Lipinski definition) is 1. The van der Waals surface area contributed by atoms with E-state index in [1.807, 2.05) is 4.90 Å².